The van der Waals surface area contributed by atoms with Crippen molar-refractivity contribution < 1.29 is 9.47 Å². The van der Waals surface area contributed by atoms with Crippen molar-refractivity contribution in [3.8, 4) is 17.6 Å². The first-order valence-corrected chi connectivity index (χ1v) is 8.18. The van der Waals surface area contributed by atoms with Crippen LogP contribution in [0, 0.1) is 11.3 Å². The van der Waals surface area contributed by atoms with Crippen LogP contribution in [0.25, 0.3) is 10.9 Å². The quantitative estimate of drug-likeness (QED) is 0.622. The molecule has 0 aliphatic rings. The maximum absolute atomic E-state index is 9.06. The molecule has 0 aliphatic heterocycles. The fourth-order valence-corrected chi connectivity index (χ4v) is 2.77. The highest BCUT2D eigenvalue weighted by molar-refractivity contribution is 6.36. The standard InChI is InChI=1S/C19H16ClN3O2/c1-24-17-9-15-16(23-12-14(11-21)19(15)20)10-18(17)25-8-2-3-13-4-6-22-7-5-13/h4-7,9-10,12H,2-3,8H2,1H3. The van der Waals surface area contributed by atoms with Crippen LogP contribution in [0.5, 0.6) is 11.5 Å². The molecule has 0 saturated heterocycles. The molecule has 5 nitrogen and oxygen atoms in total. The number of aryl methyl sites for hydroxylation is 1. The Labute approximate surface area is 150 Å². The molecule has 0 atom stereocenters. The van der Waals surface area contributed by atoms with Crippen molar-refractivity contribution in [2.45, 2.75) is 12.8 Å². The molecule has 1 aromatic carbocycles. The molecule has 0 aliphatic carbocycles. The van der Waals surface area contributed by atoms with Gasteiger partial charge in [0.1, 0.15) is 6.07 Å². The molecule has 0 saturated carbocycles. The molecule has 0 unspecified atom stereocenters. The summed E-state index contributed by atoms with van der Waals surface area (Å²) in [7, 11) is 1.57. The van der Waals surface area contributed by atoms with Gasteiger partial charge in [0.25, 0.3) is 0 Å². The number of nitrogens with zero attached hydrogens (tertiary/aromatic N) is 3. The first-order chi connectivity index (χ1) is 12.2. The average molecular weight is 354 g/mol. The first kappa shape index (κ1) is 17.0. The molecule has 3 rings (SSSR count). The van der Waals surface area contributed by atoms with Crippen LogP contribution in [0.3, 0.4) is 0 Å². The van der Waals surface area contributed by atoms with Gasteiger partial charge < -0.3 is 9.47 Å². The zero-order valence-corrected chi connectivity index (χ0v) is 14.5. The number of nitriles is 1. The molecular formula is C19H16ClN3O2. The van der Waals surface area contributed by atoms with Crippen LogP contribution in [-0.4, -0.2) is 23.7 Å². The maximum Gasteiger partial charge on any atom is 0.163 e. The summed E-state index contributed by atoms with van der Waals surface area (Å²) in [5.41, 5.74) is 2.22. The Bertz CT molecular complexity index is 923. The highest BCUT2D eigenvalue weighted by Crippen LogP contribution is 2.35. The zero-order valence-electron chi connectivity index (χ0n) is 13.7. The van der Waals surface area contributed by atoms with Crippen LogP contribution in [0.15, 0.2) is 42.9 Å². The van der Waals surface area contributed by atoms with Crippen molar-refractivity contribution in [3.05, 3.63) is 59.0 Å². The van der Waals surface area contributed by atoms with Gasteiger partial charge in [-0.25, -0.2) is 0 Å². The molecule has 0 amide bonds. The van der Waals surface area contributed by atoms with Gasteiger partial charge in [-0.15, -0.1) is 0 Å². The van der Waals surface area contributed by atoms with E-state index in [2.05, 4.69) is 9.97 Å². The SMILES string of the molecule is COc1cc2c(Cl)c(C#N)cnc2cc1OCCCc1ccncc1. The van der Waals surface area contributed by atoms with E-state index in [4.69, 9.17) is 26.3 Å². The van der Waals surface area contributed by atoms with Crippen LogP contribution in [-0.2, 0) is 6.42 Å². The van der Waals surface area contributed by atoms with Gasteiger partial charge in [-0.2, -0.15) is 5.26 Å². The van der Waals surface area contributed by atoms with E-state index in [1.54, 1.807) is 31.6 Å². The minimum absolute atomic E-state index is 0.335. The highest BCUT2D eigenvalue weighted by Gasteiger charge is 2.12. The van der Waals surface area contributed by atoms with Gasteiger partial charge in [0.05, 0.1) is 29.8 Å². The summed E-state index contributed by atoms with van der Waals surface area (Å²) in [5.74, 6) is 1.17. The molecule has 0 radical (unpaired) electrons. The maximum atomic E-state index is 9.06. The van der Waals surface area contributed by atoms with E-state index < -0.39 is 0 Å². The third-order valence-electron chi connectivity index (χ3n) is 3.82. The van der Waals surface area contributed by atoms with E-state index in [0.717, 1.165) is 12.8 Å². The summed E-state index contributed by atoms with van der Waals surface area (Å²) in [6.45, 7) is 0.550. The number of fused-ring (bicyclic) bond motifs is 1. The molecule has 0 N–H and O–H groups in total. The minimum atomic E-state index is 0.335. The van der Waals surface area contributed by atoms with Crippen LogP contribution >= 0.6 is 11.6 Å². The smallest absolute Gasteiger partial charge is 0.163 e. The van der Waals surface area contributed by atoms with Gasteiger partial charge in [0, 0.05) is 30.0 Å². The van der Waals surface area contributed by atoms with Crippen molar-refractivity contribution in [1.82, 2.24) is 9.97 Å². The van der Waals surface area contributed by atoms with Crippen molar-refractivity contribution in [2.75, 3.05) is 13.7 Å². The molecule has 0 fully saturated rings. The van der Waals surface area contributed by atoms with E-state index in [-0.39, 0.29) is 0 Å². The number of ether oxygens (including phenoxy) is 2. The van der Waals surface area contributed by atoms with Gasteiger partial charge in [-0.3, -0.25) is 9.97 Å². The summed E-state index contributed by atoms with van der Waals surface area (Å²) in [5, 5.41) is 10.1. The molecule has 0 bridgehead atoms. The Morgan fingerprint density at radius 2 is 2.00 bits per heavy atom. The number of halogens is 1. The first-order valence-electron chi connectivity index (χ1n) is 7.81. The monoisotopic (exact) mass is 353 g/mol. The summed E-state index contributed by atoms with van der Waals surface area (Å²) < 4.78 is 11.3. The molecule has 0 spiro atoms. The van der Waals surface area contributed by atoms with E-state index in [9.17, 15) is 0 Å². The van der Waals surface area contributed by atoms with E-state index in [0.29, 0.717) is 39.6 Å². The Balaban J connectivity index is 1.76. The van der Waals surface area contributed by atoms with Crippen molar-refractivity contribution in [3.63, 3.8) is 0 Å². The zero-order chi connectivity index (χ0) is 17.6. The van der Waals surface area contributed by atoms with Gasteiger partial charge in [0.15, 0.2) is 11.5 Å². The van der Waals surface area contributed by atoms with Crippen LogP contribution in [0.1, 0.15) is 17.5 Å². The summed E-state index contributed by atoms with van der Waals surface area (Å²) >= 11 is 6.25. The van der Waals surface area contributed by atoms with Gasteiger partial charge in [0.2, 0.25) is 0 Å². The Morgan fingerprint density at radius 3 is 2.72 bits per heavy atom. The number of aromatic nitrogens is 2. The highest BCUT2D eigenvalue weighted by atomic mass is 35.5. The lowest BCUT2D eigenvalue weighted by molar-refractivity contribution is 0.290. The van der Waals surface area contributed by atoms with Crippen molar-refractivity contribution in [1.29, 1.82) is 5.26 Å². The molecule has 126 valence electrons. The molecule has 25 heavy (non-hydrogen) atoms. The normalized spacial score (nSPS) is 10.4. The lowest BCUT2D eigenvalue weighted by Gasteiger charge is -2.12. The fraction of sp³-hybridized carbons (Fsp3) is 0.211. The largest absolute Gasteiger partial charge is 0.493 e. The number of rotatable bonds is 6. The second-order valence-electron chi connectivity index (χ2n) is 5.43. The minimum Gasteiger partial charge on any atom is -0.493 e. The Hall–Kier alpha value is -2.84. The predicted molar refractivity (Wildman–Crippen MR) is 96.1 cm³/mol. The fourth-order valence-electron chi connectivity index (χ4n) is 2.53. The second-order valence-corrected chi connectivity index (χ2v) is 5.80. The van der Waals surface area contributed by atoms with E-state index in [1.807, 2.05) is 18.2 Å². The van der Waals surface area contributed by atoms with Crippen molar-refractivity contribution >= 4 is 22.5 Å². The second kappa shape index (κ2) is 7.82. The Morgan fingerprint density at radius 1 is 1.20 bits per heavy atom. The summed E-state index contributed by atoms with van der Waals surface area (Å²) in [6, 6.07) is 9.56. The van der Waals surface area contributed by atoms with Crippen molar-refractivity contribution in [2.24, 2.45) is 0 Å². The number of methoxy groups -OCH3 is 1. The lowest BCUT2D eigenvalue weighted by atomic mass is 10.1. The average Bonchev–Trinajstić information content (AvgIpc) is 2.66. The number of hydrogen-bond acceptors (Lipinski definition) is 5. The van der Waals surface area contributed by atoms with E-state index in [1.165, 1.54) is 11.8 Å². The van der Waals surface area contributed by atoms with Gasteiger partial charge >= 0.3 is 0 Å². The predicted octanol–water partition coefficient (Wildman–Crippen LogP) is 4.18. The molecule has 2 heterocycles. The van der Waals surface area contributed by atoms with Crippen LogP contribution < -0.4 is 9.47 Å². The lowest BCUT2D eigenvalue weighted by Crippen LogP contribution is -2.01. The third kappa shape index (κ3) is 3.81. The number of pyridine rings is 2. The van der Waals surface area contributed by atoms with Gasteiger partial charge in [-0.1, -0.05) is 11.6 Å². The van der Waals surface area contributed by atoms with Crippen LogP contribution in [0.4, 0.5) is 0 Å². The molecule has 3 aromatic rings. The number of hydrogen-bond donors (Lipinski definition) is 0. The number of benzene rings is 1. The molecular weight excluding hydrogens is 338 g/mol. The van der Waals surface area contributed by atoms with Gasteiger partial charge in [-0.05, 0) is 36.6 Å². The molecule has 6 heteroatoms. The summed E-state index contributed by atoms with van der Waals surface area (Å²) in [6.07, 6.45) is 6.81. The third-order valence-corrected chi connectivity index (χ3v) is 4.23. The summed E-state index contributed by atoms with van der Waals surface area (Å²) in [4.78, 5) is 8.28. The van der Waals surface area contributed by atoms with Crippen LogP contribution in [0.2, 0.25) is 5.02 Å². The topological polar surface area (TPSA) is 68.0 Å². The molecule has 2 aromatic heterocycles. The Kier molecular flexibility index (Phi) is 5.32. The van der Waals surface area contributed by atoms with E-state index >= 15 is 0 Å².